The second-order valence-corrected chi connectivity index (χ2v) is 5.67. The van der Waals surface area contributed by atoms with Gasteiger partial charge < -0.3 is 4.90 Å². The largest absolute Gasteiger partial charge is 0.354 e. The van der Waals surface area contributed by atoms with Crippen LogP contribution in [0.15, 0.2) is 53.2 Å². The Kier molecular flexibility index (Phi) is 5.09. The molecular formula is C17H18N2S. The fourth-order valence-electron chi connectivity index (χ4n) is 1.89. The first-order valence-corrected chi connectivity index (χ1v) is 7.49. The molecular weight excluding hydrogens is 264 g/mol. The summed E-state index contributed by atoms with van der Waals surface area (Å²) in [6, 6.07) is 12.1. The lowest BCUT2D eigenvalue weighted by molar-refractivity contribution is 0.462. The van der Waals surface area contributed by atoms with Gasteiger partial charge in [-0.05, 0) is 26.0 Å². The Balaban J connectivity index is 0.000000147. The molecule has 0 atom stereocenters. The topological polar surface area (TPSA) is 16.1 Å². The number of rotatable bonds is 1. The molecule has 2 aromatic rings. The molecule has 0 bridgehead atoms. The highest BCUT2D eigenvalue weighted by Gasteiger charge is 2.14. The molecule has 102 valence electrons. The van der Waals surface area contributed by atoms with E-state index in [1.54, 1.807) is 0 Å². The van der Waals surface area contributed by atoms with E-state index in [1.165, 1.54) is 16.0 Å². The van der Waals surface area contributed by atoms with E-state index < -0.39 is 0 Å². The van der Waals surface area contributed by atoms with Gasteiger partial charge in [-0.15, -0.1) is 18.2 Å². The minimum absolute atomic E-state index is 0.746. The van der Waals surface area contributed by atoms with Gasteiger partial charge in [-0.25, -0.2) is 0 Å². The van der Waals surface area contributed by atoms with Crippen molar-refractivity contribution in [1.29, 1.82) is 0 Å². The molecule has 0 fully saturated rings. The summed E-state index contributed by atoms with van der Waals surface area (Å²) in [4.78, 5) is 7.79. The Morgan fingerprint density at radius 3 is 2.65 bits per heavy atom. The molecule has 0 N–H and O–H groups in total. The van der Waals surface area contributed by atoms with Crippen molar-refractivity contribution in [2.24, 2.45) is 0 Å². The maximum absolute atomic E-state index is 5.19. The van der Waals surface area contributed by atoms with Crippen molar-refractivity contribution in [3.8, 4) is 12.3 Å². The van der Waals surface area contributed by atoms with E-state index in [9.17, 15) is 0 Å². The van der Waals surface area contributed by atoms with Crippen molar-refractivity contribution in [2.75, 3.05) is 12.4 Å². The summed E-state index contributed by atoms with van der Waals surface area (Å²) in [5, 5.41) is 1.20. The summed E-state index contributed by atoms with van der Waals surface area (Å²) in [6.45, 7) is 5.00. The molecule has 0 radical (unpaired) electrons. The Hall–Kier alpha value is -1.92. The molecule has 1 aromatic carbocycles. The van der Waals surface area contributed by atoms with E-state index >= 15 is 0 Å². The number of para-hydroxylation sites is 1. The highest BCUT2D eigenvalue weighted by molar-refractivity contribution is 8.03. The lowest BCUT2D eigenvalue weighted by Crippen LogP contribution is -2.17. The molecule has 1 aromatic heterocycles. The van der Waals surface area contributed by atoms with Crippen LogP contribution in [0.4, 0.5) is 0 Å². The summed E-state index contributed by atoms with van der Waals surface area (Å²) in [5.74, 6) is 3.67. The Morgan fingerprint density at radius 1 is 1.25 bits per heavy atom. The van der Waals surface area contributed by atoms with Gasteiger partial charge in [-0.2, -0.15) is 0 Å². The van der Waals surface area contributed by atoms with Crippen molar-refractivity contribution in [2.45, 2.75) is 13.8 Å². The highest BCUT2D eigenvalue weighted by Crippen LogP contribution is 2.30. The number of terminal acetylenes is 1. The van der Waals surface area contributed by atoms with Gasteiger partial charge in [-0.3, -0.25) is 4.98 Å². The van der Waals surface area contributed by atoms with Gasteiger partial charge >= 0.3 is 0 Å². The zero-order chi connectivity index (χ0) is 14.4. The molecule has 0 saturated heterocycles. The number of hydrogen-bond acceptors (Lipinski definition) is 3. The third kappa shape index (κ3) is 3.55. The Bertz CT molecular complexity index is 590. The number of thioether (sulfide) groups is 1. The molecule has 0 aliphatic carbocycles. The fraction of sp³-hybridized carbons (Fsp3) is 0.235. The fourth-order valence-corrected chi connectivity index (χ4v) is 2.86. The Labute approximate surface area is 124 Å². The highest BCUT2D eigenvalue weighted by atomic mass is 32.2. The van der Waals surface area contributed by atoms with Gasteiger partial charge in [0.2, 0.25) is 0 Å². The van der Waals surface area contributed by atoms with Crippen molar-refractivity contribution < 1.29 is 0 Å². The third-order valence-electron chi connectivity index (χ3n) is 3.22. The van der Waals surface area contributed by atoms with Crippen molar-refractivity contribution in [3.63, 3.8) is 0 Å². The molecule has 0 amide bonds. The van der Waals surface area contributed by atoms with Gasteiger partial charge in [-0.1, -0.05) is 30.2 Å². The molecule has 0 spiro atoms. The second kappa shape index (κ2) is 7.02. The van der Waals surface area contributed by atoms with Crippen LogP contribution in [0.25, 0.3) is 10.9 Å². The van der Waals surface area contributed by atoms with Crippen molar-refractivity contribution >= 4 is 22.7 Å². The van der Waals surface area contributed by atoms with Crippen molar-refractivity contribution in [1.82, 2.24) is 9.88 Å². The average Bonchev–Trinajstić information content (AvgIpc) is 2.81. The third-order valence-corrected chi connectivity index (χ3v) is 4.38. The minimum Gasteiger partial charge on any atom is -0.354 e. The lowest BCUT2D eigenvalue weighted by atomic mass is 10.2. The van der Waals surface area contributed by atoms with E-state index in [4.69, 9.17) is 6.42 Å². The van der Waals surface area contributed by atoms with Gasteiger partial charge in [0.25, 0.3) is 0 Å². The second-order valence-electron chi connectivity index (χ2n) is 4.51. The van der Waals surface area contributed by atoms with Gasteiger partial charge in [0.1, 0.15) is 0 Å². The predicted octanol–water partition coefficient (Wildman–Crippen LogP) is 4.11. The van der Waals surface area contributed by atoms with Crippen LogP contribution in [0.2, 0.25) is 0 Å². The molecule has 2 heterocycles. The molecule has 20 heavy (non-hydrogen) atoms. The molecule has 0 saturated carbocycles. The smallest absolute Gasteiger partial charge is 0.0797 e. The van der Waals surface area contributed by atoms with Crippen LogP contribution < -0.4 is 0 Å². The first kappa shape index (κ1) is 14.5. The average molecular weight is 282 g/mol. The standard InChI is InChI=1S/C9H7N.C8H11NS/c1-2-6-9-8(4-1)5-3-7-10-9;1-4-5-9-6-10-8(3)7(9)2/h1-7H;1H,5-6H2,2-3H3. The number of fused-ring (bicyclic) bond motifs is 1. The minimum atomic E-state index is 0.746. The SMILES string of the molecule is C#CCN1CSC(C)=C1C.c1ccc2ncccc2c1. The molecule has 1 aliphatic heterocycles. The molecule has 0 unspecified atom stereocenters. The van der Waals surface area contributed by atoms with Crippen LogP contribution >= 0.6 is 11.8 Å². The number of nitrogens with zero attached hydrogens (tertiary/aromatic N) is 2. The number of pyridine rings is 1. The zero-order valence-corrected chi connectivity index (χ0v) is 12.7. The van der Waals surface area contributed by atoms with E-state index in [0.717, 1.165) is 17.9 Å². The summed E-state index contributed by atoms with van der Waals surface area (Å²) < 4.78 is 0. The first-order valence-electron chi connectivity index (χ1n) is 6.51. The Morgan fingerprint density at radius 2 is 2.00 bits per heavy atom. The van der Waals surface area contributed by atoms with Crippen LogP contribution in [-0.2, 0) is 0 Å². The van der Waals surface area contributed by atoms with Crippen LogP contribution in [0.5, 0.6) is 0 Å². The quantitative estimate of drug-likeness (QED) is 0.732. The van der Waals surface area contributed by atoms with Gasteiger partial charge in [0.05, 0.1) is 17.9 Å². The maximum Gasteiger partial charge on any atom is 0.0797 e. The van der Waals surface area contributed by atoms with Crippen LogP contribution in [0.1, 0.15) is 13.8 Å². The summed E-state index contributed by atoms with van der Waals surface area (Å²) >= 11 is 1.86. The summed E-state index contributed by atoms with van der Waals surface area (Å²) in [7, 11) is 0. The lowest BCUT2D eigenvalue weighted by Gasteiger charge is -2.14. The molecule has 3 rings (SSSR count). The summed E-state index contributed by atoms with van der Waals surface area (Å²) in [6.07, 6.45) is 7.00. The maximum atomic E-state index is 5.19. The first-order chi connectivity index (χ1) is 9.72. The number of hydrogen-bond donors (Lipinski definition) is 0. The van der Waals surface area contributed by atoms with E-state index in [-0.39, 0.29) is 0 Å². The molecule has 2 nitrogen and oxygen atoms in total. The van der Waals surface area contributed by atoms with Crippen LogP contribution in [0.3, 0.4) is 0 Å². The van der Waals surface area contributed by atoms with Crippen LogP contribution in [0, 0.1) is 12.3 Å². The van der Waals surface area contributed by atoms with Crippen molar-refractivity contribution in [3.05, 3.63) is 53.2 Å². The number of benzene rings is 1. The summed E-state index contributed by atoms with van der Waals surface area (Å²) in [5.41, 5.74) is 2.40. The van der Waals surface area contributed by atoms with Crippen LogP contribution in [-0.4, -0.2) is 22.3 Å². The zero-order valence-electron chi connectivity index (χ0n) is 11.8. The van der Waals surface area contributed by atoms with Gasteiger partial charge in [0.15, 0.2) is 0 Å². The predicted molar refractivity (Wildman–Crippen MR) is 88.1 cm³/mol. The normalized spacial score (nSPS) is 13.9. The van der Waals surface area contributed by atoms with Gasteiger partial charge in [0, 0.05) is 22.2 Å². The monoisotopic (exact) mass is 282 g/mol. The molecule has 1 aliphatic rings. The van der Waals surface area contributed by atoms with E-state index in [0.29, 0.717) is 0 Å². The number of allylic oxidation sites excluding steroid dienone is 2. The van der Waals surface area contributed by atoms with E-state index in [1.807, 2.05) is 42.2 Å². The van der Waals surface area contributed by atoms with E-state index in [2.05, 4.69) is 41.8 Å². The number of aromatic nitrogens is 1. The molecule has 3 heteroatoms.